The summed E-state index contributed by atoms with van der Waals surface area (Å²) in [6, 6.07) is 9.36. The van der Waals surface area contributed by atoms with Gasteiger partial charge < -0.3 is 5.32 Å². The molecule has 1 aromatic rings. The minimum atomic E-state index is 0.607. The molecule has 0 spiro atoms. The van der Waals surface area contributed by atoms with Gasteiger partial charge in [0.25, 0.3) is 0 Å². The second-order valence-electron chi connectivity index (χ2n) is 3.54. The smallest absolute Gasteiger partial charge is 0.0207 e. The van der Waals surface area contributed by atoms with Crippen molar-refractivity contribution in [3.8, 4) is 0 Å². The van der Waals surface area contributed by atoms with E-state index in [0.717, 1.165) is 6.54 Å². The largest absolute Gasteiger partial charge is 0.310 e. The quantitative estimate of drug-likeness (QED) is 0.747. The predicted molar refractivity (Wildman–Crippen MR) is 64.8 cm³/mol. The Morgan fingerprint density at radius 2 is 1.93 bits per heavy atom. The molecule has 14 heavy (non-hydrogen) atoms. The fourth-order valence-electron chi connectivity index (χ4n) is 1.18. The Balaban J connectivity index is 2.43. The molecular formula is C12H19NS. The summed E-state index contributed by atoms with van der Waals surface area (Å²) in [6.07, 6.45) is 3.29. The molecule has 0 unspecified atom stereocenters. The van der Waals surface area contributed by atoms with Gasteiger partial charge >= 0.3 is 0 Å². The van der Waals surface area contributed by atoms with Gasteiger partial charge in [-0.15, -0.1) is 11.8 Å². The maximum Gasteiger partial charge on any atom is 0.0207 e. The monoisotopic (exact) mass is 209 g/mol. The number of hydrogen-bond donors (Lipinski definition) is 1. The summed E-state index contributed by atoms with van der Waals surface area (Å²) in [5, 5.41) is 3.48. The third-order valence-electron chi connectivity index (χ3n) is 2.43. The van der Waals surface area contributed by atoms with Gasteiger partial charge in [0, 0.05) is 17.5 Å². The van der Waals surface area contributed by atoms with Crippen LogP contribution in [-0.4, -0.2) is 12.3 Å². The van der Waals surface area contributed by atoms with E-state index in [-0.39, 0.29) is 0 Å². The lowest BCUT2D eigenvalue weighted by molar-refractivity contribution is 0.534. The van der Waals surface area contributed by atoms with Crippen molar-refractivity contribution in [3.63, 3.8) is 0 Å². The van der Waals surface area contributed by atoms with E-state index in [0.29, 0.717) is 6.04 Å². The summed E-state index contributed by atoms with van der Waals surface area (Å²) in [5.41, 5.74) is 1.36. The van der Waals surface area contributed by atoms with Gasteiger partial charge in [-0.05, 0) is 37.3 Å². The van der Waals surface area contributed by atoms with Crippen LogP contribution in [0.4, 0.5) is 0 Å². The maximum atomic E-state index is 3.48. The second-order valence-corrected chi connectivity index (χ2v) is 4.42. The summed E-state index contributed by atoms with van der Waals surface area (Å²) in [4.78, 5) is 1.33. The molecular weight excluding hydrogens is 190 g/mol. The Hall–Kier alpha value is -0.470. The molecule has 0 aliphatic rings. The second kappa shape index (κ2) is 6.10. The molecule has 0 bridgehead atoms. The summed E-state index contributed by atoms with van der Waals surface area (Å²) in [7, 11) is 0. The molecule has 0 fully saturated rings. The molecule has 0 radical (unpaired) electrons. The van der Waals surface area contributed by atoms with Gasteiger partial charge in [0.2, 0.25) is 0 Å². The first kappa shape index (κ1) is 11.6. The van der Waals surface area contributed by atoms with Gasteiger partial charge in [-0.1, -0.05) is 19.1 Å². The summed E-state index contributed by atoms with van der Waals surface area (Å²) < 4.78 is 0. The van der Waals surface area contributed by atoms with Crippen LogP contribution in [0.1, 0.15) is 25.8 Å². The maximum absolute atomic E-state index is 3.48. The first-order valence-electron chi connectivity index (χ1n) is 5.12. The van der Waals surface area contributed by atoms with Crippen molar-refractivity contribution in [2.75, 3.05) is 6.26 Å². The molecule has 2 heteroatoms. The zero-order valence-corrected chi connectivity index (χ0v) is 10.0. The highest BCUT2D eigenvalue weighted by atomic mass is 32.2. The van der Waals surface area contributed by atoms with Crippen molar-refractivity contribution in [1.29, 1.82) is 0 Å². The lowest BCUT2D eigenvalue weighted by Gasteiger charge is -2.11. The van der Waals surface area contributed by atoms with E-state index < -0.39 is 0 Å². The molecule has 1 rings (SSSR count). The van der Waals surface area contributed by atoms with Crippen molar-refractivity contribution in [3.05, 3.63) is 29.8 Å². The Morgan fingerprint density at radius 1 is 1.29 bits per heavy atom. The third kappa shape index (κ3) is 3.72. The van der Waals surface area contributed by atoms with Gasteiger partial charge in [-0.25, -0.2) is 0 Å². The van der Waals surface area contributed by atoms with Gasteiger partial charge in [0.1, 0.15) is 0 Å². The normalized spacial score (nSPS) is 12.8. The topological polar surface area (TPSA) is 12.0 Å². The van der Waals surface area contributed by atoms with Crippen LogP contribution in [0.25, 0.3) is 0 Å². The molecule has 1 atom stereocenters. The third-order valence-corrected chi connectivity index (χ3v) is 3.17. The van der Waals surface area contributed by atoms with E-state index in [1.165, 1.54) is 16.9 Å². The Morgan fingerprint density at radius 3 is 2.43 bits per heavy atom. The SMILES string of the molecule is CC[C@H](C)NCc1ccc(SC)cc1. The van der Waals surface area contributed by atoms with Gasteiger partial charge in [0.05, 0.1) is 0 Å². The average molecular weight is 209 g/mol. The minimum absolute atomic E-state index is 0.607. The van der Waals surface area contributed by atoms with Crippen molar-refractivity contribution >= 4 is 11.8 Å². The van der Waals surface area contributed by atoms with E-state index in [1.807, 2.05) is 0 Å². The van der Waals surface area contributed by atoms with E-state index in [2.05, 4.69) is 49.7 Å². The fraction of sp³-hybridized carbons (Fsp3) is 0.500. The summed E-state index contributed by atoms with van der Waals surface area (Å²) >= 11 is 1.79. The highest BCUT2D eigenvalue weighted by Crippen LogP contribution is 2.14. The zero-order chi connectivity index (χ0) is 10.4. The molecule has 0 aliphatic heterocycles. The number of rotatable bonds is 5. The van der Waals surface area contributed by atoms with Crippen LogP contribution in [0.2, 0.25) is 0 Å². The van der Waals surface area contributed by atoms with Crippen LogP contribution >= 0.6 is 11.8 Å². The highest BCUT2D eigenvalue weighted by Gasteiger charge is 1.97. The van der Waals surface area contributed by atoms with Crippen LogP contribution in [-0.2, 0) is 6.54 Å². The molecule has 0 aliphatic carbocycles. The molecule has 1 nitrogen and oxygen atoms in total. The van der Waals surface area contributed by atoms with Crippen molar-refractivity contribution in [2.45, 2.75) is 37.8 Å². The van der Waals surface area contributed by atoms with Crippen LogP contribution in [0.5, 0.6) is 0 Å². The van der Waals surface area contributed by atoms with Gasteiger partial charge in [-0.3, -0.25) is 0 Å². The van der Waals surface area contributed by atoms with Crippen LogP contribution in [0.15, 0.2) is 29.2 Å². The Bertz CT molecular complexity index is 256. The van der Waals surface area contributed by atoms with E-state index in [1.54, 1.807) is 11.8 Å². The van der Waals surface area contributed by atoms with Gasteiger partial charge in [0.15, 0.2) is 0 Å². The fourth-order valence-corrected chi connectivity index (χ4v) is 1.59. The zero-order valence-electron chi connectivity index (χ0n) is 9.21. The molecule has 1 N–H and O–H groups in total. The molecule has 0 heterocycles. The van der Waals surface area contributed by atoms with E-state index in [9.17, 15) is 0 Å². The first-order chi connectivity index (χ1) is 6.76. The predicted octanol–water partition coefficient (Wildman–Crippen LogP) is 3.30. The number of benzene rings is 1. The molecule has 0 saturated carbocycles. The standard InChI is InChI=1S/C12H19NS/c1-4-10(2)13-9-11-5-7-12(14-3)8-6-11/h5-8,10,13H,4,9H2,1-3H3/t10-/m0/s1. The van der Waals surface area contributed by atoms with Crippen molar-refractivity contribution in [2.24, 2.45) is 0 Å². The Kier molecular flexibility index (Phi) is 5.05. The molecule has 78 valence electrons. The average Bonchev–Trinajstić information content (AvgIpc) is 2.26. The molecule has 0 aromatic heterocycles. The molecule has 0 amide bonds. The molecule has 0 saturated heterocycles. The minimum Gasteiger partial charge on any atom is -0.310 e. The van der Waals surface area contributed by atoms with E-state index >= 15 is 0 Å². The molecule has 1 aromatic carbocycles. The number of thioether (sulfide) groups is 1. The number of nitrogens with one attached hydrogen (secondary N) is 1. The van der Waals surface area contributed by atoms with Crippen molar-refractivity contribution < 1.29 is 0 Å². The summed E-state index contributed by atoms with van der Waals surface area (Å²) in [6.45, 7) is 5.40. The highest BCUT2D eigenvalue weighted by molar-refractivity contribution is 7.98. The lowest BCUT2D eigenvalue weighted by atomic mass is 10.2. The summed E-state index contributed by atoms with van der Waals surface area (Å²) in [5.74, 6) is 0. The van der Waals surface area contributed by atoms with E-state index in [4.69, 9.17) is 0 Å². The first-order valence-corrected chi connectivity index (χ1v) is 6.35. The van der Waals surface area contributed by atoms with Crippen LogP contribution in [0.3, 0.4) is 0 Å². The Labute approximate surface area is 91.3 Å². The van der Waals surface area contributed by atoms with Gasteiger partial charge in [-0.2, -0.15) is 0 Å². The van der Waals surface area contributed by atoms with Crippen LogP contribution < -0.4 is 5.32 Å². The number of hydrogen-bond acceptors (Lipinski definition) is 2. The van der Waals surface area contributed by atoms with Crippen molar-refractivity contribution in [1.82, 2.24) is 5.32 Å². The van der Waals surface area contributed by atoms with Crippen LogP contribution in [0, 0.1) is 0 Å². The lowest BCUT2D eigenvalue weighted by Crippen LogP contribution is -2.24.